The molecule has 0 saturated heterocycles. The highest BCUT2D eigenvalue weighted by Gasteiger charge is 2.06. The quantitative estimate of drug-likeness (QED) is 0.584. The Bertz CT molecular complexity index is 806. The summed E-state index contributed by atoms with van der Waals surface area (Å²) >= 11 is 0. The third-order valence-corrected chi connectivity index (χ3v) is 3.10. The van der Waals surface area contributed by atoms with Crippen molar-refractivity contribution in [1.29, 1.82) is 0 Å². The fraction of sp³-hybridized carbons (Fsp3) is 0. The Morgan fingerprint density at radius 3 is 2.50 bits per heavy atom. The molecule has 0 radical (unpaired) electrons. The van der Waals surface area contributed by atoms with Gasteiger partial charge in [-0.2, -0.15) is 0 Å². The molecule has 2 aromatic heterocycles. The molecule has 6 heteroatoms. The number of nitrogens with zero attached hydrogens (tertiary/aromatic N) is 3. The van der Waals surface area contributed by atoms with Crippen LogP contribution < -0.4 is 5.32 Å². The van der Waals surface area contributed by atoms with Crippen LogP contribution in [0.25, 0.3) is 11.1 Å². The Morgan fingerprint density at radius 1 is 0.909 bits per heavy atom. The second kappa shape index (κ2) is 6.01. The Labute approximate surface area is 126 Å². The second-order valence-electron chi connectivity index (χ2n) is 4.63. The Morgan fingerprint density at radius 2 is 1.73 bits per heavy atom. The summed E-state index contributed by atoms with van der Waals surface area (Å²) in [5, 5.41) is 13.9. The highest BCUT2D eigenvalue weighted by atomic mass is 16.6. The highest BCUT2D eigenvalue weighted by Crippen LogP contribution is 2.24. The SMILES string of the molecule is O=[N+]([O-])c1cccc(Nc2cncc(-c3ccncc3)c2)c1. The van der Waals surface area contributed by atoms with Gasteiger partial charge in [0.05, 0.1) is 16.8 Å². The molecule has 1 N–H and O–H groups in total. The van der Waals surface area contributed by atoms with Crippen LogP contribution in [0.3, 0.4) is 0 Å². The number of hydrogen-bond donors (Lipinski definition) is 1. The van der Waals surface area contributed by atoms with Crippen molar-refractivity contribution in [2.45, 2.75) is 0 Å². The average molecular weight is 292 g/mol. The van der Waals surface area contributed by atoms with E-state index in [1.807, 2.05) is 18.2 Å². The summed E-state index contributed by atoms with van der Waals surface area (Å²) in [6.45, 7) is 0. The van der Waals surface area contributed by atoms with Crippen molar-refractivity contribution in [2.75, 3.05) is 5.32 Å². The number of pyridine rings is 2. The van der Waals surface area contributed by atoms with Gasteiger partial charge in [-0.1, -0.05) is 6.07 Å². The van der Waals surface area contributed by atoms with Crippen LogP contribution >= 0.6 is 0 Å². The topological polar surface area (TPSA) is 81.0 Å². The molecule has 22 heavy (non-hydrogen) atoms. The Kier molecular flexibility index (Phi) is 3.74. The first-order valence-electron chi connectivity index (χ1n) is 6.59. The highest BCUT2D eigenvalue weighted by molar-refractivity contribution is 5.69. The van der Waals surface area contributed by atoms with E-state index in [4.69, 9.17) is 0 Å². The molecule has 0 fully saturated rings. The predicted molar refractivity (Wildman–Crippen MR) is 83.8 cm³/mol. The number of nitro groups is 1. The molecule has 0 aliphatic rings. The van der Waals surface area contributed by atoms with E-state index in [0.29, 0.717) is 5.69 Å². The minimum Gasteiger partial charge on any atom is -0.354 e. The van der Waals surface area contributed by atoms with Crippen LogP contribution in [0.4, 0.5) is 17.1 Å². The van der Waals surface area contributed by atoms with Gasteiger partial charge in [-0.05, 0) is 29.8 Å². The van der Waals surface area contributed by atoms with Gasteiger partial charge < -0.3 is 5.32 Å². The van der Waals surface area contributed by atoms with Gasteiger partial charge in [0.15, 0.2) is 0 Å². The first-order valence-corrected chi connectivity index (χ1v) is 6.59. The van der Waals surface area contributed by atoms with E-state index in [1.54, 1.807) is 36.9 Å². The van der Waals surface area contributed by atoms with E-state index in [9.17, 15) is 10.1 Å². The molecular weight excluding hydrogens is 280 g/mol. The van der Waals surface area contributed by atoms with Crippen LogP contribution in [-0.4, -0.2) is 14.9 Å². The summed E-state index contributed by atoms with van der Waals surface area (Å²) in [6.07, 6.45) is 6.86. The van der Waals surface area contributed by atoms with Crippen LogP contribution in [-0.2, 0) is 0 Å². The van der Waals surface area contributed by atoms with E-state index in [-0.39, 0.29) is 5.69 Å². The lowest BCUT2D eigenvalue weighted by Gasteiger charge is -2.08. The van der Waals surface area contributed by atoms with Crippen molar-refractivity contribution in [3.63, 3.8) is 0 Å². The van der Waals surface area contributed by atoms with Crippen LogP contribution in [0.15, 0.2) is 67.3 Å². The van der Waals surface area contributed by atoms with E-state index in [2.05, 4.69) is 15.3 Å². The smallest absolute Gasteiger partial charge is 0.271 e. The average Bonchev–Trinajstić information content (AvgIpc) is 2.56. The van der Waals surface area contributed by atoms with Crippen molar-refractivity contribution in [1.82, 2.24) is 9.97 Å². The molecule has 1 aromatic carbocycles. The predicted octanol–water partition coefficient (Wildman–Crippen LogP) is 3.80. The van der Waals surface area contributed by atoms with Crippen molar-refractivity contribution < 1.29 is 4.92 Å². The molecule has 0 saturated carbocycles. The van der Waals surface area contributed by atoms with E-state index in [1.165, 1.54) is 12.1 Å². The maximum atomic E-state index is 10.8. The van der Waals surface area contributed by atoms with Gasteiger partial charge in [0.2, 0.25) is 0 Å². The van der Waals surface area contributed by atoms with E-state index in [0.717, 1.165) is 16.8 Å². The lowest BCUT2D eigenvalue weighted by atomic mass is 10.1. The number of non-ortho nitro benzene ring substituents is 1. The fourth-order valence-electron chi connectivity index (χ4n) is 2.07. The van der Waals surface area contributed by atoms with E-state index >= 15 is 0 Å². The minimum atomic E-state index is -0.420. The van der Waals surface area contributed by atoms with Gasteiger partial charge in [-0.3, -0.25) is 20.1 Å². The number of nitro benzene ring substituents is 1. The molecule has 6 nitrogen and oxygen atoms in total. The summed E-state index contributed by atoms with van der Waals surface area (Å²) in [6, 6.07) is 12.1. The zero-order valence-electron chi connectivity index (χ0n) is 11.5. The summed E-state index contributed by atoms with van der Waals surface area (Å²) in [4.78, 5) is 18.6. The summed E-state index contributed by atoms with van der Waals surface area (Å²) < 4.78 is 0. The summed E-state index contributed by atoms with van der Waals surface area (Å²) in [7, 11) is 0. The van der Waals surface area contributed by atoms with Gasteiger partial charge in [0, 0.05) is 42.0 Å². The van der Waals surface area contributed by atoms with Gasteiger partial charge in [-0.25, -0.2) is 0 Å². The van der Waals surface area contributed by atoms with Crippen LogP contribution in [0.2, 0.25) is 0 Å². The van der Waals surface area contributed by atoms with Crippen molar-refractivity contribution in [3.05, 3.63) is 77.4 Å². The zero-order valence-corrected chi connectivity index (χ0v) is 11.5. The van der Waals surface area contributed by atoms with Gasteiger partial charge in [0.25, 0.3) is 5.69 Å². The van der Waals surface area contributed by atoms with Crippen LogP contribution in [0.1, 0.15) is 0 Å². The molecule has 0 bridgehead atoms. The van der Waals surface area contributed by atoms with Crippen molar-refractivity contribution >= 4 is 17.1 Å². The molecular formula is C16H12N4O2. The van der Waals surface area contributed by atoms with Gasteiger partial charge in [-0.15, -0.1) is 0 Å². The second-order valence-corrected chi connectivity index (χ2v) is 4.63. The van der Waals surface area contributed by atoms with E-state index < -0.39 is 4.92 Å². The molecule has 0 amide bonds. The monoisotopic (exact) mass is 292 g/mol. The first kappa shape index (κ1) is 13.7. The molecule has 0 spiro atoms. The maximum Gasteiger partial charge on any atom is 0.271 e. The number of nitrogens with one attached hydrogen (secondary N) is 1. The van der Waals surface area contributed by atoms with Crippen molar-refractivity contribution in [2.24, 2.45) is 0 Å². The Balaban J connectivity index is 1.87. The summed E-state index contributed by atoms with van der Waals surface area (Å²) in [5.41, 5.74) is 3.39. The first-order chi connectivity index (χ1) is 10.7. The molecule has 3 aromatic rings. The largest absolute Gasteiger partial charge is 0.354 e. The Hall–Kier alpha value is -3.28. The molecule has 0 aliphatic carbocycles. The standard InChI is InChI=1S/C16H12N4O2/c21-20(22)16-3-1-2-14(9-16)19-15-8-13(10-18-11-15)12-4-6-17-7-5-12/h1-11,19H. The van der Waals surface area contributed by atoms with Crippen molar-refractivity contribution in [3.8, 4) is 11.1 Å². The molecule has 0 unspecified atom stereocenters. The van der Waals surface area contributed by atoms with Gasteiger partial charge in [0.1, 0.15) is 0 Å². The number of anilines is 2. The normalized spacial score (nSPS) is 10.2. The summed E-state index contributed by atoms with van der Waals surface area (Å²) in [5.74, 6) is 0. The molecule has 3 rings (SSSR count). The third kappa shape index (κ3) is 3.06. The van der Waals surface area contributed by atoms with Crippen LogP contribution in [0, 0.1) is 10.1 Å². The number of hydrogen-bond acceptors (Lipinski definition) is 5. The molecule has 108 valence electrons. The number of aromatic nitrogens is 2. The lowest BCUT2D eigenvalue weighted by molar-refractivity contribution is -0.384. The lowest BCUT2D eigenvalue weighted by Crippen LogP contribution is -1.94. The maximum absolute atomic E-state index is 10.8. The number of rotatable bonds is 4. The zero-order chi connectivity index (χ0) is 15.4. The minimum absolute atomic E-state index is 0.0447. The fourth-order valence-corrected chi connectivity index (χ4v) is 2.07. The molecule has 0 aliphatic heterocycles. The molecule has 2 heterocycles. The van der Waals surface area contributed by atoms with Crippen LogP contribution in [0.5, 0.6) is 0 Å². The molecule has 0 atom stereocenters. The van der Waals surface area contributed by atoms with Gasteiger partial charge >= 0.3 is 0 Å². The third-order valence-electron chi connectivity index (χ3n) is 3.10. The number of benzene rings is 1.